The summed E-state index contributed by atoms with van der Waals surface area (Å²) in [5.74, 6) is 1.01. The molecule has 0 saturated carbocycles. The molecule has 2 aliphatic rings. The number of sulfonamides is 1. The smallest absolute Gasteiger partial charge is 0.231 e. The van der Waals surface area contributed by atoms with Gasteiger partial charge < -0.3 is 19.9 Å². The molecule has 2 heterocycles. The minimum atomic E-state index is -3.44. The van der Waals surface area contributed by atoms with Gasteiger partial charge >= 0.3 is 0 Å². The van der Waals surface area contributed by atoms with Crippen LogP contribution in [0.25, 0.3) is 0 Å². The van der Waals surface area contributed by atoms with Crippen LogP contribution in [0.3, 0.4) is 0 Å². The van der Waals surface area contributed by atoms with Gasteiger partial charge in [-0.1, -0.05) is 12.1 Å². The van der Waals surface area contributed by atoms with E-state index in [-0.39, 0.29) is 18.2 Å². The molecule has 2 aromatic rings. The number of hydrogen-bond donors (Lipinski definition) is 2. The van der Waals surface area contributed by atoms with Gasteiger partial charge in [0.25, 0.3) is 0 Å². The van der Waals surface area contributed by atoms with Crippen molar-refractivity contribution in [3.63, 3.8) is 0 Å². The van der Waals surface area contributed by atoms with Crippen LogP contribution in [-0.2, 0) is 10.0 Å². The van der Waals surface area contributed by atoms with E-state index < -0.39 is 15.9 Å². The van der Waals surface area contributed by atoms with Crippen LogP contribution < -0.4 is 24.7 Å². The van der Waals surface area contributed by atoms with E-state index in [9.17, 15) is 13.7 Å². The molecule has 0 bridgehead atoms. The summed E-state index contributed by atoms with van der Waals surface area (Å²) in [6.07, 6.45) is 1.07. The van der Waals surface area contributed by atoms with Gasteiger partial charge in [0.1, 0.15) is 17.4 Å². The lowest BCUT2D eigenvalue weighted by molar-refractivity contribution is 0.174. The molecule has 0 radical (unpaired) electrons. The Morgan fingerprint density at radius 3 is 2.63 bits per heavy atom. The van der Waals surface area contributed by atoms with Crippen molar-refractivity contribution < 1.29 is 22.6 Å². The Morgan fingerprint density at radius 2 is 1.93 bits per heavy atom. The molecule has 2 aliphatic heterocycles. The minimum absolute atomic E-state index is 0.00431. The molecule has 0 unspecified atom stereocenters. The van der Waals surface area contributed by atoms with E-state index in [1.54, 1.807) is 36.4 Å². The molecule has 0 aromatic heterocycles. The van der Waals surface area contributed by atoms with Crippen LogP contribution >= 0.6 is 0 Å². The number of ether oxygens (including phenoxy) is 3. The number of anilines is 1. The van der Waals surface area contributed by atoms with E-state index in [4.69, 9.17) is 19.9 Å². The molecule has 2 aromatic carbocycles. The largest absolute Gasteiger partial charge is 0.454 e. The van der Waals surface area contributed by atoms with Gasteiger partial charge in [-0.25, -0.2) is 8.42 Å². The standard InChI is InChI=1S/C18H15N3O5S/c1-27(22,23)21-11-4-2-3-10(5-11)17-12-6-15-16(25-9-24-15)7-14(12)26-18(20)13(17)8-19/h2-7,17,21H,9,20H2,1H3/t17-/m0/s1. The molecular weight excluding hydrogens is 370 g/mol. The minimum Gasteiger partial charge on any atom is -0.454 e. The van der Waals surface area contributed by atoms with Crippen LogP contribution in [0.5, 0.6) is 17.2 Å². The first-order valence-electron chi connectivity index (χ1n) is 7.94. The topological polar surface area (TPSA) is 124 Å². The third-order valence-corrected chi connectivity index (χ3v) is 4.84. The summed E-state index contributed by atoms with van der Waals surface area (Å²) < 4.78 is 41.9. The zero-order chi connectivity index (χ0) is 19.2. The summed E-state index contributed by atoms with van der Waals surface area (Å²) >= 11 is 0. The van der Waals surface area contributed by atoms with Crippen LogP contribution in [0, 0.1) is 11.3 Å². The molecule has 1 atom stereocenters. The van der Waals surface area contributed by atoms with E-state index in [2.05, 4.69) is 10.8 Å². The first-order chi connectivity index (χ1) is 12.9. The van der Waals surface area contributed by atoms with E-state index in [1.165, 1.54) is 0 Å². The Labute approximate surface area is 155 Å². The molecule has 0 amide bonds. The molecule has 0 spiro atoms. The molecule has 9 heteroatoms. The van der Waals surface area contributed by atoms with Crippen molar-refractivity contribution >= 4 is 15.7 Å². The highest BCUT2D eigenvalue weighted by Gasteiger charge is 2.33. The Bertz CT molecular complexity index is 1120. The lowest BCUT2D eigenvalue weighted by Gasteiger charge is -2.27. The number of fused-ring (bicyclic) bond motifs is 2. The highest BCUT2D eigenvalue weighted by Crippen LogP contribution is 2.48. The third kappa shape index (κ3) is 3.11. The molecular formula is C18H15N3O5S. The van der Waals surface area contributed by atoms with Crippen molar-refractivity contribution in [3.8, 4) is 23.3 Å². The molecule has 0 saturated heterocycles. The summed E-state index contributed by atoms with van der Waals surface area (Å²) in [6.45, 7) is 0.102. The Kier molecular flexibility index (Phi) is 3.86. The number of nitrogens with two attached hydrogens (primary N) is 1. The van der Waals surface area contributed by atoms with E-state index >= 15 is 0 Å². The second-order valence-corrected chi connectivity index (χ2v) is 7.92. The molecule has 8 nitrogen and oxygen atoms in total. The van der Waals surface area contributed by atoms with Crippen molar-refractivity contribution in [2.24, 2.45) is 5.73 Å². The number of nitrogens with one attached hydrogen (secondary N) is 1. The van der Waals surface area contributed by atoms with E-state index in [1.807, 2.05) is 0 Å². The van der Waals surface area contributed by atoms with Gasteiger partial charge in [-0.05, 0) is 23.8 Å². The monoisotopic (exact) mass is 385 g/mol. The molecule has 0 aliphatic carbocycles. The fraction of sp³-hybridized carbons (Fsp3) is 0.167. The summed E-state index contributed by atoms with van der Waals surface area (Å²) in [7, 11) is -3.44. The van der Waals surface area contributed by atoms with Crippen molar-refractivity contribution in [3.05, 3.63) is 59.0 Å². The van der Waals surface area contributed by atoms with Crippen molar-refractivity contribution in [1.29, 1.82) is 5.26 Å². The van der Waals surface area contributed by atoms with E-state index in [0.29, 0.717) is 34.1 Å². The second kappa shape index (κ2) is 6.10. The van der Waals surface area contributed by atoms with Crippen LogP contribution in [-0.4, -0.2) is 21.5 Å². The van der Waals surface area contributed by atoms with Crippen LogP contribution in [0.1, 0.15) is 17.0 Å². The van der Waals surface area contributed by atoms with Crippen LogP contribution in [0.2, 0.25) is 0 Å². The maximum atomic E-state index is 11.5. The van der Waals surface area contributed by atoms with Crippen molar-refractivity contribution in [2.75, 3.05) is 17.8 Å². The average Bonchev–Trinajstić information content (AvgIpc) is 3.04. The van der Waals surface area contributed by atoms with Gasteiger partial charge in [0.05, 0.1) is 12.2 Å². The number of benzene rings is 2. The maximum Gasteiger partial charge on any atom is 0.231 e. The molecule has 3 N–H and O–H groups in total. The Hall–Kier alpha value is -3.38. The third-order valence-electron chi connectivity index (χ3n) is 4.23. The normalized spacial score (nSPS) is 17.7. The first kappa shape index (κ1) is 17.1. The summed E-state index contributed by atoms with van der Waals surface area (Å²) in [4.78, 5) is 0. The van der Waals surface area contributed by atoms with Gasteiger partial charge in [-0.2, -0.15) is 5.26 Å². The molecule has 138 valence electrons. The molecule has 27 heavy (non-hydrogen) atoms. The van der Waals surface area contributed by atoms with Gasteiger partial charge in [0.2, 0.25) is 22.7 Å². The quantitative estimate of drug-likeness (QED) is 0.828. The predicted molar refractivity (Wildman–Crippen MR) is 96.8 cm³/mol. The number of hydrogen-bond acceptors (Lipinski definition) is 7. The second-order valence-electron chi connectivity index (χ2n) is 6.17. The number of rotatable bonds is 3. The highest BCUT2D eigenvalue weighted by atomic mass is 32.2. The SMILES string of the molecule is CS(=O)(=O)Nc1cccc([C@@H]2C(C#N)=C(N)Oc3cc4c(cc32)OCO4)c1. The fourth-order valence-corrected chi connectivity index (χ4v) is 3.74. The average molecular weight is 385 g/mol. The predicted octanol–water partition coefficient (Wildman–Crippen LogP) is 2.00. The van der Waals surface area contributed by atoms with Gasteiger partial charge in [-0.3, -0.25) is 4.72 Å². The summed E-state index contributed by atoms with van der Waals surface area (Å²) in [6, 6.07) is 12.3. The fourth-order valence-electron chi connectivity index (χ4n) is 3.19. The van der Waals surface area contributed by atoms with E-state index in [0.717, 1.165) is 6.26 Å². The number of nitriles is 1. The summed E-state index contributed by atoms with van der Waals surface area (Å²) in [5, 5.41) is 9.63. The lowest BCUT2D eigenvalue weighted by Crippen LogP contribution is -2.21. The number of allylic oxidation sites excluding steroid dienone is 1. The molecule has 0 fully saturated rings. The maximum absolute atomic E-state index is 11.5. The highest BCUT2D eigenvalue weighted by molar-refractivity contribution is 7.92. The van der Waals surface area contributed by atoms with Gasteiger partial charge in [-0.15, -0.1) is 0 Å². The number of nitrogens with zero attached hydrogens (tertiary/aromatic N) is 1. The summed E-state index contributed by atoms with van der Waals surface area (Å²) in [5.41, 5.74) is 7.96. The zero-order valence-corrected chi connectivity index (χ0v) is 15.0. The molecule has 4 rings (SSSR count). The lowest BCUT2D eigenvalue weighted by atomic mass is 9.83. The van der Waals surface area contributed by atoms with Crippen molar-refractivity contribution in [1.82, 2.24) is 0 Å². The first-order valence-corrected chi connectivity index (χ1v) is 9.84. The van der Waals surface area contributed by atoms with Crippen LogP contribution in [0.15, 0.2) is 47.9 Å². The van der Waals surface area contributed by atoms with Crippen molar-refractivity contribution in [2.45, 2.75) is 5.92 Å². The van der Waals surface area contributed by atoms with Gasteiger partial charge in [0, 0.05) is 17.3 Å². The Balaban J connectivity index is 1.87. The van der Waals surface area contributed by atoms with Crippen LogP contribution in [0.4, 0.5) is 5.69 Å². The van der Waals surface area contributed by atoms with Gasteiger partial charge in [0.15, 0.2) is 11.5 Å². The Morgan fingerprint density at radius 1 is 1.19 bits per heavy atom. The zero-order valence-electron chi connectivity index (χ0n) is 14.2.